The number of carbonyl (C=O) groups excluding carboxylic acids is 2. The Morgan fingerprint density at radius 1 is 1.15 bits per heavy atom. The van der Waals surface area contributed by atoms with Crippen LogP contribution in [0, 0.1) is 12.7 Å². The third-order valence-corrected chi connectivity index (χ3v) is 4.59. The highest BCUT2D eigenvalue weighted by atomic mass is 19.1. The van der Waals surface area contributed by atoms with Crippen molar-refractivity contribution in [1.82, 2.24) is 5.01 Å². The summed E-state index contributed by atoms with van der Waals surface area (Å²) < 4.78 is 14.3. The summed E-state index contributed by atoms with van der Waals surface area (Å²) in [5, 5.41) is 16.3. The maximum Gasteiger partial charge on any atom is 0.243 e. The zero-order chi connectivity index (χ0) is 19.4. The third kappa shape index (κ3) is 4.39. The highest BCUT2D eigenvalue weighted by Gasteiger charge is 2.34. The molecular formula is C21H20FN2O3-. The second kappa shape index (κ2) is 8.12. The van der Waals surface area contributed by atoms with E-state index in [1.807, 2.05) is 31.2 Å². The molecule has 3 rings (SSSR count). The van der Waals surface area contributed by atoms with Gasteiger partial charge in [0.15, 0.2) is 0 Å². The van der Waals surface area contributed by atoms with Crippen molar-refractivity contribution >= 4 is 17.6 Å². The molecule has 2 aromatic rings. The van der Waals surface area contributed by atoms with Gasteiger partial charge in [0.25, 0.3) is 0 Å². The van der Waals surface area contributed by atoms with E-state index in [1.165, 1.54) is 11.1 Å². The Balaban J connectivity index is 1.87. The van der Waals surface area contributed by atoms with Crippen molar-refractivity contribution in [3.8, 4) is 0 Å². The van der Waals surface area contributed by atoms with Gasteiger partial charge < -0.3 is 9.90 Å². The molecule has 1 heterocycles. The molecule has 1 aliphatic rings. The minimum absolute atomic E-state index is 0.0175. The Bertz CT molecular complexity index is 877. The first-order valence-electron chi connectivity index (χ1n) is 8.86. The molecule has 0 aliphatic carbocycles. The van der Waals surface area contributed by atoms with Crippen LogP contribution in [0.5, 0.6) is 0 Å². The molecule has 0 saturated carbocycles. The van der Waals surface area contributed by atoms with Crippen molar-refractivity contribution < 1.29 is 19.1 Å². The molecule has 0 bridgehead atoms. The first-order valence-corrected chi connectivity index (χ1v) is 8.86. The molecule has 0 N–H and O–H groups in total. The molecule has 5 nitrogen and oxygen atoms in total. The molecule has 1 amide bonds. The lowest BCUT2D eigenvalue weighted by Crippen LogP contribution is -2.28. The van der Waals surface area contributed by atoms with Crippen LogP contribution in [0.25, 0.3) is 0 Å². The van der Waals surface area contributed by atoms with Gasteiger partial charge in [0, 0.05) is 24.4 Å². The van der Waals surface area contributed by atoms with Crippen LogP contribution in [0.2, 0.25) is 0 Å². The lowest BCUT2D eigenvalue weighted by atomic mass is 9.97. The van der Waals surface area contributed by atoms with Crippen LogP contribution in [0.15, 0.2) is 53.6 Å². The highest BCUT2D eigenvalue weighted by Crippen LogP contribution is 2.34. The predicted octanol–water partition coefficient (Wildman–Crippen LogP) is 2.73. The van der Waals surface area contributed by atoms with Gasteiger partial charge in [-0.3, -0.25) is 4.79 Å². The van der Waals surface area contributed by atoms with Crippen molar-refractivity contribution in [1.29, 1.82) is 0 Å². The van der Waals surface area contributed by atoms with E-state index < -0.39 is 17.8 Å². The van der Waals surface area contributed by atoms with E-state index >= 15 is 0 Å². The SMILES string of the molecule is Cc1ccc(C2=NN(C(=O)CCCC(=O)[O-])[C@@H](c3ccccc3F)C2)cc1. The minimum Gasteiger partial charge on any atom is -0.550 e. The topological polar surface area (TPSA) is 72.8 Å². The number of hydrazone groups is 1. The highest BCUT2D eigenvalue weighted by molar-refractivity contribution is 6.03. The molecular weight excluding hydrogens is 347 g/mol. The molecule has 0 aromatic heterocycles. The van der Waals surface area contributed by atoms with Gasteiger partial charge in [-0.25, -0.2) is 9.40 Å². The molecule has 0 unspecified atom stereocenters. The Kier molecular flexibility index (Phi) is 5.64. The Morgan fingerprint density at radius 3 is 2.52 bits per heavy atom. The van der Waals surface area contributed by atoms with E-state index in [9.17, 15) is 19.1 Å². The summed E-state index contributed by atoms with van der Waals surface area (Å²) in [6, 6.07) is 13.6. The van der Waals surface area contributed by atoms with Gasteiger partial charge in [-0.15, -0.1) is 0 Å². The average molecular weight is 367 g/mol. The lowest BCUT2D eigenvalue weighted by molar-refractivity contribution is -0.305. The zero-order valence-electron chi connectivity index (χ0n) is 15.0. The summed E-state index contributed by atoms with van der Waals surface area (Å²) in [5.74, 6) is -1.92. The zero-order valence-corrected chi connectivity index (χ0v) is 15.0. The third-order valence-electron chi connectivity index (χ3n) is 4.59. The first-order chi connectivity index (χ1) is 13.0. The van der Waals surface area contributed by atoms with Gasteiger partial charge >= 0.3 is 0 Å². The van der Waals surface area contributed by atoms with Crippen molar-refractivity contribution in [3.05, 3.63) is 71.0 Å². The summed E-state index contributed by atoms with van der Waals surface area (Å²) in [6.07, 6.45) is 0.384. The van der Waals surface area contributed by atoms with Gasteiger partial charge in [-0.2, -0.15) is 5.10 Å². The second-order valence-electron chi connectivity index (χ2n) is 6.62. The fourth-order valence-electron chi connectivity index (χ4n) is 3.15. The lowest BCUT2D eigenvalue weighted by Gasteiger charge is -2.22. The van der Waals surface area contributed by atoms with E-state index in [-0.39, 0.29) is 25.2 Å². The molecule has 140 valence electrons. The largest absolute Gasteiger partial charge is 0.550 e. The molecule has 6 heteroatoms. The number of carboxylic acid groups (broad SMARTS) is 1. The van der Waals surface area contributed by atoms with Crippen molar-refractivity contribution in [3.63, 3.8) is 0 Å². The van der Waals surface area contributed by atoms with Crippen molar-refractivity contribution in [2.45, 2.75) is 38.6 Å². The first kappa shape index (κ1) is 18.8. The van der Waals surface area contributed by atoms with Crippen LogP contribution in [-0.2, 0) is 9.59 Å². The summed E-state index contributed by atoms with van der Waals surface area (Å²) in [5.41, 5.74) is 3.10. The quantitative estimate of drug-likeness (QED) is 0.788. The van der Waals surface area contributed by atoms with Crippen LogP contribution in [0.1, 0.15) is 48.4 Å². The summed E-state index contributed by atoms with van der Waals surface area (Å²) >= 11 is 0. The van der Waals surface area contributed by atoms with E-state index in [0.717, 1.165) is 11.1 Å². The molecule has 1 aliphatic heterocycles. The van der Waals surface area contributed by atoms with E-state index in [0.29, 0.717) is 17.7 Å². The number of aliphatic carboxylic acids is 1. The molecule has 2 aromatic carbocycles. The van der Waals surface area contributed by atoms with Gasteiger partial charge in [0.1, 0.15) is 5.82 Å². The van der Waals surface area contributed by atoms with Crippen LogP contribution in [0.4, 0.5) is 4.39 Å². The van der Waals surface area contributed by atoms with E-state index in [4.69, 9.17) is 0 Å². The van der Waals surface area contributed by atoms with E-state index in [1.54, 1.807) is 18.2 Å². The van der Waals surface area contributed by atoms with E-state index in [2.05, 4.69) is 5.10 Å². The summed E-state index contributed by atoms with van der Waals surface area (Å²) in [4.78, 5) is 23.2. The monoisotopic (exact) mass is 367 g/mol. The number of benzene rings is 2. The summed E-state index contributed by atoms with van der Waals surface area (Å²) in [7, 11) is 0. The molecule has 27 heavy (non-hydrogen) atoms. The number of carbonyl (C=O) groups is 2. The molecule has 0 spiro atoms. The Labute approximate surface area is 157 Å². The van der Waals surface area contributed by atoms with Crippen LogP contribution in [-0.4, -0.2) is 22.6 Å². The summed E-state index contributed by atoms with van der Waals surface area (Å²) in [6.45, 7) is 1.98. The maximum atomic E-state index is 14.3. The number of halogens is 1. The number of hydrogen-bond acceptors (Lipinski definition) is 4. The van der Waals surface area contributed by atoms with Crippen molar-refractivity contribution in [2.24, 2.45) is 5.10 Å². The smallest absolute Gasteiger partial charge is 0.243 e. The van der Waals surface area contributed by atoms with Gasteiger partial charge in [-0.05, 0) is 31.4 Å². The molecule has 1 atom stereocenters. The number of aryl methyl sites for hydroxylation is 1. The molecule has 0 fully saturated rings. The standard InChI is InChI=1S/C21H21FN2O3/c1-14-9-11-15(12-10-14)18-13-19(16-5-2-3-6-17(16)22)24(23-18)20(25)7-4-8-21(26)27/h2-3,5-6,9-12,19H,4,7-8,13H2,1H3,(H,26,27)/p-1/t19-/m1/s1. The van der Waals surface area contributed by atoms with Gasteiger partial charge in [0.2, 0.25) is 5.91 Å². The number of hydrogen-bond donors (Lipinski definition) is 0. The predicted molar refractivity (Wildman–Crippen MR) is 97.2 cm³/mol. The molecule has 0 radical (unpaired) electrons. The Hall–Kier alpha value is -3.02. The fraction of sp³-hybridized carbons (Fsp3) is 0.286. The van der Waals surface area contributed by atoms with Gasteiger partial charge in [0.05, 0.1) is 11.8 Å². The number of carboxylic acids is 1. The molecule has 0 saturated heterocycles. The number of rotatable bonds is 6. The maximum absolute atomic E-state index is 14.3. The minimum atomic E-state index is -1.20. The fourth-order valence-corrected chi connectivity index (χ4v) is 3.15. The van der Waals surface area contributed by atoms with Crippen LogP contribution >= 0.6 is 0 Å². The normalized spacial score (nSPS) is 16.3. The number of amides is 1. The van der Waals surface area contributed by atoms with Crippen LogP contribution in [0.3, 0.4) is 0 Å². The number of nitrogens with zero attached hydrogens (tertiary/aromatic N) is 2. The Morgan fingerprint density at radius 2 is 1.85 bits per heavy atom. The average Bonchev–Trinajstić information content (AvgIpc) is 3.07. The van der Waals surface area contributed by atoms with Crippen LogP contribution < -0.4 is 5.11 Å². The second-order valence-corrected chi connectivity index (χ2v) is 6.62. The van der Waals surface area contributed by atoms with Crippen molar-refractivity contribution in [2.75, 3.05) is 0 Å². The van der Waals surface area contributed by atoms with Gasteiger partial charge in [-0.1, -0.05) is 48.0 Å².